The molecule has 0 bridgehead atoms. The van der Waals surface area contributed by atoms with Crippen LogP contribution in [0.1, 0.15) is 42.5 Å². The number of benzene rings is 2. The van der Waals surface area contributed by atoms with Crippen LogP contribution in [0.5, 0.6) is 0 Å². The second-order valence-corrected chi connectivity index (χ2v) is 9.97. The maximum atomic E-state index is 12.9. The van der Waals surface area contributed by atoms with E-state index in [9.17, 15) is 14.4 Å². The summed E-state index contributed by atoms with van der Waals surface area (Å²) >= 11 is 2.20. The van der Waals surface area contributed by atoms with Crippen LogP contribution in [0.3, 0.4) is 0 Å². The summed E-state index contributed by atoms with van der Waals surface area (Å²) in [5.41, 5.74) is 1.51. The van der Waals surface area contributed by atoms with Crippen molar-refractivity contribution in [2.45, 2.75) is 45.8 Å². The molecule has 0 unspecified atom stereocenters. The molecule has 2 amide bonds. The predicted octanol–water partition coefficient (Wildman–Crippen LogP) is 4.78. The standard InChI is InChI=1S/C25H27IN2O5/c1-15-18-7-5-6-8-21(18)32-22(15)20(29)14-27-23(30)19(28-24(31)33-25(2,3)4)13-16-9-11-17(26)12-10-16/h5-12,19H,13-14H2,1-4H3,(H,27,30)(H,28,31)/t19-/m0/s1. The lowest BCUT2D eigenvalue weighted by atomic mass is 10.1. The number of rotatable bonds is 7. The maximum Gasteiger partial charge on any atom is 0.408 e. The highest BCUT2D eigenvalue weighted by atomic mass is 127. The number of para-hydroxylation sites is 1. The number of halogens is 1. The fourth-order valence-electron chi connectivity index (χ4n) is 3.33. The summed E-state index contributed by atoms with van der Waals surface area (Å²) in [4.78, 5) is 38.0. The van der Waals surface area contributed by atoms with E-state index in [0.29, 0.717) is 5.58 Å². The first-order chi connectivity index (χ1) is 15.5. The highest BCUT2D eigenvalue weighted by molar-refractivity contribution is 14.1. The molecule has 0 radical (unpaired) electrons. The molecule has 1 atom stereocenters. The van der Waals surface area contributed by atoms with Gasteiger partial charge in [-0.15, -0.1) is 0 Å². The number of amides is 2. The van der Waals surface area contributed by atoms with Crippen molar-refractivity contribution < 1.29 is 23.5 Å². The Morgan fingerprint density at radius 2 is 1.73 bits per heavy atom. The van der Waals surface area contributed by atoms with Crippen molar-refractivity contribution in [3.8, 4) is 0 Å². The molecule has 1 aromatic heterocycles. The first-order valence-electron chi connectivity index (χ1n) is 10.6. The van der Waals surface area contributed by atoms with Crippen molar-refractivity contribution in [1.29, 1.82) is 0 Å². The highest BCUT2D eigenvalue weighted by Gasteiger charge is 2.26. The van der Waals surface area contributed by atoms with Crippen LogP contribution >= 0.6 is 22.6 Å². The van der Waals surface area contributed by atoms with Crippen molar-refractivity contribution >= 4 is 51.3 Å². The highest BCUT2D eigenvalue weighted by Crippen LogP contribution is 2.25. The second kappa shape index (κ2) is 10.4. The van der Waals surface area contributed by atoms with E-state index in [-0.39, 0.29) is 24.5 Å². The largest absolute Gasteiger partial charge is 0.453 e. The molecule has 0 aliphatic carbocycles. The van der Waals surface area contributed by atoms with Gasteiger partial charge in [-0.05, 0) is 74.0 Å². The van der Waals surface area contributed by atoms with Gasteiger partial charge in [-0.1, -0.05) is 30.3 Å². The van der Waals surface area contributed by atoms with Crippen LogP contribution in [0, 0.1) is 10.5 Å². The molecule has 33 heavy (non-hydrogen) atoms. The molecule has 0 aliphatic heterocycles. The second-order valence-electron chi connectivity index (χ2n) is 8.72. The minimum atomic E-state index is -0.913. The quantitative estimate of drug-likeness (QED) is 0.319. The minimum absolute atomic E-state index is 0.214. The van der Waals surface area contributed by atoms with Gasteiger partial charge >= 0.3 is 6.09 Å². The summed E-state index contributed by atoms with van der Waals surface area (Å²) in [6, 6.07) is 14.1. The average molecular weight is 562 g/mol. The zero-order valence-electron chi connectivity index (χ0n) is 19.0. The zero-order valence-corrected chi connectivity index (χ0v) is 21.2. The number of furan rings is 1. The average Bonchev–Trinajstić information content (AvgIpc) is 3.08. The first kappa shape index (κ1) is 24.8. The number of aryl methyl sites for hydroxylation is 1. The summed E-state index contributed by atoms with van der Waals surface area (Å²) in [5.74, 6) is -0.616. The monoisotopic (exact) mass is 562 g/mol. The Morgan fingerprint density at radius 1 is 1.06 bits per heavy atom. The molecule has 0 saturated heterocycles. The van der Waals surface area contributed by atoms with Crippen molar-refractivity contribution in [2.24, 2.45) is 0 Å². The lowest BCUT2D eigenvalue weighted by Crippen LogP contribution is -2.50. The van der Waals surface area contributed by atoms with Gasteiger partial charge in [0, 0.05) is 20.9 Å². The van der Waals surface area contributed by atoms with Gasteiger partial charge < -0.3 is 19.8 Å². The smallest absolute Gasteiger partial charge is 0.408 e. The van der Waals surface area contributed by atoms with Crippen LogP contribution in [0.15, 0.2) is 52.9 Å². The Balaban J connectivity index is 1.71. The topological polar surface area (TPSA) is 97.6 Å². The molecule has 0 aliphatic rings. The van der Waals surface area contributed by atoms with Crippen LogP contribution in [0.4, 0.5) is 4.79 Å². The molecule has 7 nitrogen and oxygen atoms in total. The number of ether oxygens (including phenoxy) is 1. The maximum absolute atomic E-state index is 12.9. The molecule has 0 saturated carbocycles. The van der Waals surface area contributed by atoms with Crippen LogP contribution in [-0.2, 0) is 16.0 Å². The van der Waals surface area contributed by atoms with E-state index >= 15 is 0 Å². The molecule has 8 heteroatoms. The molecule has 174 valence electrons. The molecule has 2 N–H and O–H groups in total. The van der Waals surface area contributed by atoms with Crippen molar-refractivity contribution in [2.75, 3.05) is 6.54 Å². The lowest BCUT2D eigenvalue weighted by molar-refractivity contribution is -0.123. The van der Waals surface area contributed by atoms with E-state index in [0.717, 1.165) is 20.1 Å². The molecule has 1 heterocycles. The van der Waals surface area contributed by atoms with E-state index in [4.69, 9.17) is 9.15 Å². The third-order valence-corrected chi connectivity index (χ3v) is 5.60. The van der Waals surface area contributed by atoms with Gasteiger partial charge in [-0.3, -0.25) is 9.59 Å². The number of alkyl carbamates (subject to hydrolysis) is 1. The van der Waals surface area contributed by atoms with E-state index in [2.05, 4.69) is 33.2 Å². The first-order valence-corrected chi connectivity index (χ1v) is 11.6. The molecule has 3 aromatic rings. The third-order valence-electron chi connectivity index (χ3n) is 4.88. The predicted molar refractivity (Wildman–Crippen MR) is 134 cm³/mol. The van der Waals surface area contributed by atoms with E-state index in [1.807, 2.05) is 49.4 Å². The molecule has 2 aromatic carbocycles. The van der Waals surface area contributed by atoms with E-state index in [1.54, 1.807) is 26.8 Å². The molecular weight excluding hydrogens is 535 g/mol. The Hall–Kier alpha value is -2.88. The summed E-state index contributed by atoms with van der Waals surface area (Å²) in [5, 5.41) is 6.11. The van der Waals surface area contributed by atoms with Gasteiger partial charge in [0.05, 0.1) is 6.54 Å². The Kier molecular flexibility index (Phi) is 7.78. The van der Waals surface area contributed by atoms with Gasteiger partial charge in [-0.25, -0.2) is 4.79 Å². The fraction of sp³-hybridized carbons (Fsp3) is 0.320. The SMILES string of the molecule is Cc1c(C(=O)CNC(=O)[C@H](Cc2ccc(I)cc2)NC(=O)OC(C)(C)C)oc2ccccc12. The normalized spacial score (nSPS) is 12.3. The molecule has 0 spiro atoms. The molecular formula is C25H27IN2O5. The third kappa shape index (κ3) is 6.80. The minimum Gasteiger partial charge on any atom is -0.453 e. The van der Waals surface area contributed by atoms with Crippen molar-refractivity contribution in [3.05, 3.63) is 69.0 Å². The van der Waals surface area contributed by atoms with Crippen LogP contribution < -0.4 is 10.6 Å². The molecule has 3 rings (SSSR count). The Morgan fingerprint density at radius 3 is 2.36 bits per heavy atom. The van der Waals surface area contributed by atoms with E-state index in [1.165, 1.54) is 0 Å². The van der Waals surface area contributed by atoms with Gasteiger partial charge in [-0.2, -0.15) is 0 Å². The van der Waals surface area contributed by atoms with Gasteiger partial charge in [0.2, 0.25) is 11.7 Å². The number of carbonyl (C=O) groups excluding carboxylic acids is 3. The summed E-state index contributed by atoms with van der Waals surface area (Å²) < 4.78 is 12.1. The Labute approximate surface area is 206 Å². The summed E-state index contributed by atoms with van der Waals surface area (Å²) in [7, 11) is 0. The number of ketones is 1. The fourth-order valence-corrected chi connectivity index (χ4v) is 3.69. The van der Waals surface area contributed by atoms with Gasteiger partial charge in [0.15, 0.2) is 5.76 Å². The number of carbonyl (C=O) groups is 3. The van der Waals surface area contributed by atoms with Crippen molar-refractivity contribution in [3.63, 3.8) is 0 Å². The Bertz CT molecular complexity index is 1160. The van der Waals surface area contributed by atoms with Crippen LogP contribution in [-0.4, -0.2) is 36.0 Å². The summed E-state index contributed by atoms with van der Waals surface area (Å²) in [6.45, 7) is 6.79. The summed E-state index contributed by atoms with van der Waals surface area (Å²) in [6.07, 6.45) is -0.451. The number of Topliss-reactive ketones (excluding diaryl/α,β-unsaturated/α-hetero) is 1. The number of fused-ring (bicyclic) bond motifs is 1. The van der Waals surface area contributed by atoms with Crippen LogP contribution in [0.2, 0.25) is 0 Å². The van der Waals surface area contributed by atoms with E-state index < -0.39 is 23.6 Å². The number of hydrogen-bond donors (Lipinski definition) is 2. The van der Waals surface area contributed by atoms with Crippen molar-refractivity contribution in [1.82, 2.24) is 10.6 Å². The van der Waals surface area contributed by atoms with Gasteiger partial charge in [0.25, 0.3) is 0 Å². The number of hydrogen-bond acceptors (Lipinski definition) is 5. The number of nitrogens with one attached hydrogen (secondary N) is 2. The molecule has 0 fully saturated rings. The lowest BCUT2D eigenvalue weighted by Gasteiger charge is -2.23. The van der Waals surface area contributed by atoms with Crippen LogP contribution in [0.25, 0.3) is 11.0 Å². The van der Waals surface area contributed by atoms with Gasteiger partial charge in [0.1, 0.15) is 17.2 Å². The zero-order chi connectivity index (χ0) is 24.2.